The molecule has 2 fully saturated rings. The van der Waals surface area contributed by atoms with Gasteiger partial charge in [0.05, 0.1) is 17.5 Å². The fraction of sp³-hybridized carbons (Fsp3) is 0.421. The average molecular weight is 367 g/mol. The number of thiophene rings is 1. The molecule has 26 heavy (non-hydrogen) atoms. The standard InChI is InChI=1S/C19H21N5OS/c25-11-14-9-20-24-18(21-15-3-4-15)8-17(22-19(14)24)13-7-16(26-12-13)10-23-5-1-2-6-23/h7-9,11-12,15,21H,1-6,10H2. The van der Waals surface area contributed by atoms with Gasteiger partial charge in [-0.2, -0.15) is 9.61 Å². The Bertz CT molecular complexity index is 952. The molecule has 1 saturated heterocycles. The second-order valence-corrected chi connectivity index (χ2v) is 8.18. The Labute approximate surface area is 155 Å². The Morgan fingerprint density at radius 2 is 2.12 bits per heavy atom. The highest BCUT2D eigenvalue weighted by atomic mass is 32.1. The monoisotopic (exact) mass is 367 g/mol. The summed E-state index contributed by atoms with van der Waals surface area (Å²) < 4.78 is 1.74. The molecule has 0 amide bonds. The van der Waals surface area contributed by atoms with Gasteiger partial charge in [-0.1, -0.05) is 0 Å². The molecule has 7 heteroatoms. The molecule has 0 unspecified atom stereocenters. The van der Waals surface area contributed by atoms with Crippen LogP contribution in [-0.4, -0.2) is 44.9 Å². The zero-order valence-corrected chi connectivity index (χ0v) is 15.3. The average Bonchev–Trinajstić information content (AvgIpc) is 3.08. The third-order valence-corrected chi connectivity index (χ3v) is 6.00. The maximum Gasteiger partial charge on any atom is 0.168 e. The maximum absolute atomic E-state index is 11.4. The van der Waals surface area contributed by atoms with Crippen molar-refractivity contribution < 1.29 is 4.79 Å². The summed E-state index contributed by atoms with van der Waals surface area (Å²) in [7, 11) is 0. The number of aromatic nitrogens is 3. The maximum atomic E-state index is 11.4. The minimum Gasteiger partial charge on any atom is -0.367 e. The number of nitrogens with one attached hydrogen (secondary N) is 1. The van der Waals surface area contributed by atoms with E-state index >= 15 is 0 Å². The number of carbonyl (C=O) groups excluding carboxylic acids is 1. The van der Waals surface area contributed by atoms with Crippen LogP contribution in [0.5, 0.6) is 0 Å². The molecule has 0 atom stereocenters. The molecule has 0 aromatic carbocycles. The molecule has 1 N–H and O–H groups in total. The molecule has 4 heterocycles. The van der Waals surface area contributed by atoms with Crippen LogP contribution in [0.2, 0.25) is 0 Å². The van der Waals surface area contributed by atoms with Crippen LogP contribution in [0.4, 0.5) is 5.82 Å². The van der Waals surface area contributed by atoms with Crippen molar-refractivity contribution in [1.82, 2.24) is 19.5 Å². The van der Waals surface area contributed by atoms with Gasteiger partial charge in [0.25, 0.3) is 0 Å². The molecule has 0 spiro atoms. The summed E-state index contributed by atoms with van der Waals surface area (Å²) in [5.41, 5.74) is 3.16. The van der Waals surface area contributed by atoms with Crippen LogP contribution in [0.1, 0.15) is 40.9 Å². The lowest BCUT2D eigenvalue weighted by Gasteiger charge is -2.12. The predicted molar refractivity (Wildman–Crippen MR) is 103 cm³/mol. The van der Waals surface area contributed by atoms with E-state index in [1.807, 2.05) is 0 Å². The Morgan fingerprint density at radius 1 is 1.27 bits per heavy atom. The molecule has 2 aliphatic rings. The minimum atomic E-state index is 0.505. The van der Waals surface area contributed by atoms with E-state index in [1.54, 1.807) is 22.0 Å². The smallest absolute Gasteiger partial charge is 0.168 e. The van der Waals surface area contributed by atoms with Crippen LogP contribution in [0.15, 0.2) is 23.7 Å². The summed E-state index contributed by atoms with van der Waals surface area (Å²) in [6, 6.07) is 4.79. The van der Waals surface area contributed by atoms with E-state index in [4.69, 9.17) is 4.98 Å². The summed E-state index contributed by atoms with van der Waals surface area (Å²) in [5.74, 6) is 0.910. The van der Waals surface area contributed by atoms with Crippen molar-refractivity contribution in [3.05, 3.63) is 34.2 Å². The number of carbonyl (C=O) groups is 1. The molecule has 1 saturated carbocycles. The molecular weight excluding hydrogens is 346 g/mol. The molecule has 0 bridgehead atoms. The van der Waals surface area contributed by atoms with Crippen molar-refractivity contribution >= 4 is 29.1 Å². The number of likely N-dealkylation sites (tertiary alicyclic amines) is 1. The van der Waals surface area contributed by atoms with Crippen LogP contribution >= 0.6 is 11.3 Å². The van der Waals surface area contributed by atoms with E-state index in [0.717, 1.165) is 29.9 Å². The number of anilines is 1. The van der Waals surface area contributed by atoms with Gasteiger partial charge in [0.15, 0.2) is 11.9 Å². The highest BCUT2D eigenvalue weighted by Gasteiger charge is 2.23. The van der Waals surface area contributed by atoms with Crippen molar-refractivity contribution in [3.63, 3.8) is 0 Å². The molecular formula is C19H21N5OS. The normalized spacial score (nSPS) is 17.8. The Hall–Kier alpha value is -2.25. The van der Waals surface area contributed by atoms with Crippen LogP contribution in [-0.2, 0) is 6.54 Å². The highest BCUT2D eigenvalue weighted by molar-refractivity contribution is 7.10. The Balaban J connectivity index is 1.51. The first-order chi connectivity index (χ1) is 12.8. The van der Waals surface area contributed by atoms with Crippen LogP contribution in [0, 0.1) is 0 Å². The molecule has 3 aromatic heterocycles. The first-order valence-electron chi connectivity index (χ1n) is 9.21. The van der Waals surface area contributed by atoms with Crippen molar-refractivity contribution in [2.75, 3.05) is 18.4 Å². The van der Waals surface area contributed by atoms with Crippen LogP contribution in [0.3, 0.4) is 0 Å². The molecule has 134 valence electrons. The second kappa shape index (κ2) is 6.48. The number of hydrogen-bond acceptors (Lipinski definition) is 6. The molecule has 1 aliphatic heterocycles. The summed E-state index contributed by atoms with van der Waals surface area (Å²) >= 11 is 1.79. The number of hydrogen-bond donors (Lipinski definition) is 1. The van der Waals surface area contributed by atoms with Crippen molar-refractivity contribution in [2.45, 2.75) is 38.3 Å². The number of fused-ring (bicyclic) bond motifs is 1. The highest BCUT2D eigenvalue weighted by Crippen LogP contribution is 2.31. The first-order valence-corrected chi connectivity index (χ1v) is 10.1. The van der Waals surface area contributed by atoms with Gasteiger partial charge in [-0.25, -0.2) is 4.98 Å². The van der Waals surface area contributed by atoms with E-state index in [1.165, 1.54) is 43.6 Å². The molecule has 5 rings (SSSR count). The van der Waals surface area contributed by atoms with Gasteiger partial charge in [0.2, 0.25) is 0 Å². The topological polar surface area (TPSA) is 62.5 Å². The van der Waals surface area contributed by atoms with Gasteiger partial charge < -0.3 is 5.32 Å². The van der Waals surface area contributed by atoms with Gasteiger partial charge in [-0.05, 0) is 44.8 Å². The quantitative estimate of drug-likeness (QED) is 0.676. The Morgan fingerprint density at radius 3 is 2.88 bits per heavy atom. The number of rotatable bonds is 6. The molecule has 3 aromatic rings. The molecule has 6 nitrogen and oxygen atoms in total. The fourth-order valence-electron chi connectivity index (χ4n) is 3.51. The lowest BCUT2D eigenvalue weighted by Crippen LogP contribution is -2.17. The van der Waals surface area contributed by atoms with Gasteiger partial charge in [-0.15, -0.1) is 11.3 Å². The largest absolute Gasteiger partial charge is 0.367 e. The number of aldehydes is 1. The third kappa shape index (κ3) is 3.01. The predicted octanol–water partition coefficient (Wildman–Crippen LogP) is 3.44. The Kier molecular flexibility index (Phi) is 3.98. The summed E-state index contributed by atoms with van der Waals surface area (Å²) in [6.07, 6.45) is 7.39. The summed E-state index contributed by atoms with van der Waals surface area (Å²) in [5, 5.41) is 10.0. The van der Waals surface area contributed by atoms with Gasteiger partial charge in [0, 0.05) is 34.5 Å². The summed E-state index contributed by atoms with van der Waals surface area (Å²) in [4.78, 5) is 20.0. The van der Waals surface area contributed by atoms with E-state index in [2.05, 4.69) is 32.8 Å². The van der Waals surface area contributed by atoms with Crippen LogP contribution in [0.25, 0.3) is 16.9 Å². The SMILES string of the molecule is O=Cc1cnn2c(NC3CC3)cc(-c3csc(CN4CCCC4)c3)nc12. The lowest BCUT2D eigenvalue weighted by molar-refractivity contribution is 0.112. The van der Waals surface area contributed by atoms with E-state index < -0.39 is 0 Å². The van der Waals surface area contributed by atoms with Crippen molar-refractivity contribution in [2.24, 2.45) is 0 Å². The third-order valence-electron chi connectivity index (χ3n) is 5.08. The van der Waals surface area contributed by atoms with E-state index in [0.29, 0.717) is 17.3 Å². The molecule has 0 radical (unpaired) electrons. The molecule has 1 aliphatic carbocycles. The van der Waals surface area contributed by atoms with Crippen molar-refractivity contribution in [3.8, 4) is 11.3 Å². The first kappa shape index (κ1) is 16.0. The fourth-order valence-corrected chi connectivity index (χ4v) is 4.43. The van der Waals surface area contributed by atoms with Gasteiger partial charge in [0.1, 0.15) is 5.82 Å². The number of nitrogens with zero attached hydrogens (tertiary/aromatic N) is 4. The van der Waals surface area contributed by atoms with E-state index in [9.17, 15) is 4.79 Å². The summed E-state index contributed by atoms with van der Waals surface area (Å²) in [6.45, 7) is 3.42. The van der Waals surface area contributed by atoms with Crippen LogP contribution < -0.4 is 5.32 Å². The van der Waals surface area contributed by atoms with Gasteiger partial charge >= 0.3 is 0 Å². The second-order valence-electron chi connectivity index (χ2n) is 7.18. The van der Waals surface area contributed by atoms with E-state index in [-0.39, 0.29) is 0 Å². The van der Waals surface area contributed by atoms with Gasteiger partial charge in [-0.3, -0.25) is 9.69 Å². The zero-order chi connectivity index (χ0) is 17.5. The lowest BCUT2D eigenvalue weighted by atomic mass is 10.2. The zero-order valence-electron chi connectivity index (χ0n) is 14.5. The van der Waals surface area contributed by atoms with Crippen molar-refractivity contribution in [1.29, 1.82) is 0 Å². The minimum absolute atomic E-state index is 0.505.